The summed E-state index contributed by atoms with van der Waals surface area (Å²) in [4.78, 5) is 33.4. The van der Waals surface area contributed by atoms with Crippen molar-refractivity contribution in [3.8, 4) is 5.88 Å². The van der Waals surface area contributed by atoms with E-state index < -0.39 is 0 Å². The van der Waals surface area contributed by atoms with E-state index >= 15 is 0 Å². The lowest BCUT2D eigenvalue weighted by atomic mass is 10.2. The van der Waals surface area contributed by atoms with Crippen LogP contribution >= 0.6 is 0 Å². The topological polar surface area (TPSA) is 83.1 Å². The number of aromatic hydroxyl groups is 1. The Morgan fingerprint density at radius 3 is 2.50 bits per heavy atom. The number of hydrogen-bond acceptors (Lipinski definition) is 5. The maximum absolute atomic E-state index is 12.8. The minimum absolute atomic E-state index is 0.178. The molecule has 0 bridgehead atoms. The number of benzene rings is 1. The summed E-state index contributed by atoms with van der Waals surface area (Å²) in [6.45, 7) is 2.23. The summed E-state index contributed by atoms with van der Waals surface area (Å²) in [5.74, 6) is 0.211. The van der Waals surface area contributed by atoms with E-state index in [2.05, 4.69) is 4.98 Å². The SMILES string of the molecule is Cc1c(O)n2c3c(nc2n(Cc2ccccc2)c1=O)N(C)CN(C)C3=O. The largest absolute Gasteiger partial charge is 0.494 e. The first-order chi connectivity index (χ1) is 12.4. The van der Waals surface area contributed by atoms with Crippen molar-refractivity contribution >= 4 is 17.5 Å². The fraction of sp³-hybridized carbons (Fsp3) is 0.278. The predicted octanol–water partition coefficient (Wildman–Crippen LogP) is 1.04. The number of rotatable bonds is 2. The smallest absolute Gasteiger partial charge is 0.276 e. The van der Waals surface area contributed by atoms with Crippen LogP contribution in [0.15, 0.2) is 35.1 Å². The van der Waals surface area contributed by atoms with Crippen molar-refractivity contribution < 1.29 is 9.90 Å². The first-order valence-corrected chi connectivity index (χ1v) is 8.25. The highest BCUT2D eigenvalue weighted by Crippen LogP contribution is 2.30. The molecule has 0 saturated heterocycles. The summed E-state index contributed by atoms with van der Waals surface area (Å²) in [7, 11) is 3.50. The van der Waals surface area contributed by atoms with Crippen LogP contribution < -0.4 is 10.5 Å². The monoisotopic (exact) mass is 353 g/mol. The van der Waals surface area contributed by atoms with E-state index in [1.54, 1.807) is 14.0 Å². The summed E-state index contributed by atoms with van der Waals surface area (Å²) in [5.41, 5.74) is 1.04. The van der Waals surface area contributed by atoms with Crippen molar-refractivity contribution in [2.75, 3.05) is 25.7 Å². The number of anilines is 1. The molecule has 0 aliphatic carbocycles. The van der Waals surface area contributed by atoms with Gasteiger partial charge in [0.15, 0.2) is 11.5 Å². The van der Waals surface area contributed by atoms with Crippen LogP contribution in [0, 0.1) is 6.92 Å². The normalized spacial score (nSPS) is 14.2. The molecule has 1 amide bonds. The number of imidazole rings is 1. The molecule has 134 valence electrons. The zero-order valence-electron chi connectivity index (χ0n) is 14.8. The third-order valence-electron chi connectivity index (χ3n) is 4.71. The summed E-state index contributed by atoms with van der Waals surface area (Å²) in [6.07, 6.45) is 0. The van der Waals surface area contributed by atoms with Gasteiger partial charge in [-0.2, -0.15) is 4.98 Å². The van der Waals surface area contributed by atoms with Crippen LogP contribution in [-0.4, -0.2) is 50.6 Å². The molecule has 26 heavy (non-hydrogen) atoms. The van der Waals surface area contributed by atoms with Crippen molar-refractivity contribution in [3.05, 3.63) is 57.5 Å². The molecule has 0 fully saturated rings. The standard InChI is InChI=1S/C18H19N5O3/c1-11-15(24)22(9-12-7-5-4-6-8-12)18-19-14-13(23(18)16(11)25)17(26)21(3)10-20(14)2/h4-8,25H,9-10H2,1-3H3. The van der Waals surface area contributed by atoms with E-state index in [0.29, 0.717) is 19.0 Å². The minimum Gasteiger partial charge on any atom is -0.494 e. The van der Waals surface area contributed by atoms with Crippen LogP contribution in [0.2, 0.25) is 0 Å². The third kappa shape index (κ3) is 2.18. The molecule has 8 nitrogen and oxygen atoms in total. The maximum Gasteiger partial charge on any atom is 0.276 e. The lowest BCUT2D eigenvalue weighted by molar-refractivity contribution is 0.0776. The third-order valence-corrected chi connectivity index (χ3v) is 4.71. The number of nitrogens with zero attached hydrogens (tertiary/aromatic N) is 5. The molecule has 1 aliphatic rings. The second-order valence-corrected chi connectivity index (χ2v) is 6.59. The molecule has 0 atom stereocenters. The summed E-state index contributed by atoms with van der Waals surface area (Å²) in [6, 6.07) is 9.53. The average Bonchev–Trinajstić information content (AvgIpc) is 3.04. The van der Waals surface area contributed by atoms with Crippen molar-refractivity contribution in [3.63, 3.8) is 0 Å². The van der Waals surface area contributed by atoms with Crippen LogP contribution in [0.25, 0.3) is 5.78 Å². The highest BCUT2D eigenvalue weighted by atomic mass is 16.3. The van der Waals surface area contributed by atoms with Crippen LogP contribution in [0.5, 0.6) is 5.88 Å². The van der Waals surface area contributed by atoms with E-state index in [1.807, 2.05) is 42.3 Å². The molecular formula is C18H19N5O3. The van der Waals surface area contributed by atoms with Gasteiger partial charge in [0, 0.05) is 14.1 Å². The fourth-order valence-corrected chi connectivity index (χ4v) is 3.33. The van der Waals surface area contributed by atoms with Crippen molar-refractivity contribution in [2.24, 2.45) is 0 Å². The van der Waals surface area contributed by atoms with Crippen LogP contribution in [0.4, 0.5) is 5.82 Å². The van der Waals surface area contributed by atoms with Gasteiger partial charge < -0.3 is 14.9 Å². The zero-order chi connectivity index (χ0) is 18.6. The summed E-state index contributed by atoms with van der Waals surface area (Å²) in [5, 5.41) is 10.6. The number of aromatic nitrogens is 3. The van der Waals surface area contributed by atoms with Gasteiger partial charge in [0.2, 0.25) is 11.7 Å². The number of amides is 1. The predicted molar refractivity (Wildman–Crippen MR) is 96.8 cm³/mol. The van der Waals surface area contributed by atoms with E-state index in [4.69, 9.17) is 0 Å². The van der Waals surface area contributed by atoms with E-state index in [-0.39, 0.29) is 34.4 Å². The van der Waals surface area contributed by atoms with Crippen molar-refractivity contribution in [2.45, 2.75) is 13.5 Å². The van der Waals surface area contributed by atoms with E-state index in [1.165, 1.54) is 13.9 Å². The molecule has 0 saturated carbocycles. The Hall–Kier alpha value is -3.29. The van der Waals surface area contributed by atoms with Gasteiger partial charge in [0.1, 0.15) is 0 Å². The molecule has 3 heterocycles. The molecule has 0 radical (unpaired) electrons. The fourth-order valence-electron chi connectivity index (χ4n) is 3.33. The molecule has 4 rings (SSSR count). The lowest BCUT2D eigenvalue weighted by Gasteiger charge is -2.30. The Labute approximate surface area is 149 Å². The number of hydrogen-bond donors (Lipinski definition) is 1. The Bertz CT molecular complexity index is 1080. The number of carbonyl (C=O) groups excluding carboxylic acids is 1. The van der Waals surface area contributed by atoms with Crippen LogP contribution in [-0.2, 0) is 6.54 Å². The van der Waals surface area contributed by atoms with Gasteiger partial charge in [0.25, 0.3) is 11.5 Å². The molecule has 1 N–H and O–H groups in total. The van der Waals surface area contributed by atoms with E-state index in [0.717, 1.165) is 5.56 Å². The van der Waals surface area contributed by atoms with Crippen molar-refractivity contribution in [1.29, 1.82) is 0 Å². The molecule has 2 aromatic heterocycles. The highest BCUT2D eigenvalue weighted by Gasteiger charge is 2.33. The Morgan fingerprint density at radius 2 is 1.81 bits per heavy atom. The Kier molecular flexibility index (Phi) is 3.50. The van der Waals surface area contributed by atoms with Gasteiger partial charge in [0.05, 0.1) is 18.8 Å². The molecule has 1 aromatic carbocycles. The van der Waals surface area contributed by atoms with Gasteiger partial charge in [-0.3, -0.25) is 14.2 Å². The second kappa shape index (κ2) is 5.62. The van der Waals surface area contributed by atoms with Gasteiger partial charge in [-0.05, 0) is 12.5 Å². The zero-order valence-corrected chi connectivity index (χ0v) is 14.8. The quantitative estimate of drug-likeness (QED) is 0.744. The van der Waals surface area contributed by atoms with Crippen LogP contribution in [0.3, 0.4) is 0 Å². The maximum atomic E-state index is 12.8. The molecule has 8 heteroatoms. The molecule has 0 unspecified atom stereocenters. The first kappa shape index (κ1) is 16.2. The molecular weight excluding hydrogens is 334 g/mol. The summed E-state index contributed by atoms with van der Waals surface area (Å²) >= 11 is 0. The minimum atomic E-state index is -0.329. The second-order valence-electron chi connectivity index (χ2n) is 6.59. The van der Waals surface area contributed by atoms with Crippen LogP contribution in [0.1, 0.15) is 21.6 Å². The van der Waals surface area contributed by atoms with E-state index in [9.17, 15) is 14.7 Å². The molecule has 0 spiro atoms. The Morgan fingerprint density at radius 1 is 1.12 bits per heavy atom. The first-order valence-electron chi connectivity index (χ1n) is 8.25. The highest BCUT2D eigenvalue weighted by molar-refractivity contribution is 6.00. The Balaban J connectivity index is 2.05. The number of carbonyl (C=O) groups is 1. The van der Waals surface area contributed by atoms with Crippen molar-refractivity contribution in [1.82, 2.24) is 18.9 Å². The van der Waals surface area contributed by atoms with Gasteiger partial charge in [-0.1, -0.05) is 30.3 Å². The van der Waals surface area contributed by atoms with Gasteiger partial charge in [-0.25, -0.2) is 4.40 Å². The average molecular weight is 353 g/mol. The lowest BCUT2D eigenvalue weighted by Crippen LogP contribution is -2.43. The van der Waals surface area contributed by atoms with Gasteiger partial charge in [-0.15, -0.1) is 0 Å². The van der Waals surface area contributed by atoms with Gasteiger partial charge >= 0.3 is 0 Å². The number of fused-ring (bicyclic) bond motifs is 3. The summed E-state index contributed by atoms with van der Waals surface area (Å²) < 4.78 is 2.87. The molecule has 1 aliphatic heterocycles. The molecule has 3 aromatic rings.